The number of hydrogen-bond acceptors (Lipinski definition) is 5. The number of halogens is 3. The number of ether oxygens (including phenoxy) is 1. The smallest absolute Gasteiger partial charge is 0.405 e. The molecule has 0 aliphatic carbocycles. The van der Waals surface area contributed by atoms with E-state index < -0.39 is 16.2 Å². The van der Waals surface area contributed by atoms with Gasteiger partial charge in [-0.05, 0) is 24.6 Å². The quantitative estimate of drug-likeness (QED) is 0.650. The molecule has 1 atom stereocenters. The van der Waals surface area contributed by atoms with Crippen LogP contribution in [0.5, 0.6) is 5.75 Å². The Labute approximate surface area is 177 Å². The van der Waals surface area contributed by atoms with Crippen molar-refractivity contribution in [3.63, 3.8) is 0 Å². The van der Waals surface area contributed by atoms with E-state index in [-0.39, 0.29) is 40.5 Å². The number of carbonyl (C=O) groups excluding carboxylic acids is 1. The van der Waals surface area contributed by atoms with Crippen LogP contribution < -0.4 is 4.74 Å². The van der Waals surface area contributed by atoms with E-state index in [9.17, 15) is 26.4 Å². The molecule has 1 aliphatic heterocycles. The maximum absolute atomic E-state index is 13.0. The Morgan fingerprint density at radius 1 is 1.17 bits per heavy atom. The average molecular weight is 460 g/mol. The van der Waals surface area contributed by atoms with Crippen LogP contribution in [0.2, 0.25) is 0 Å². The topological polar surface area (TPSA) is 63.7 Å². The van der Waals surface area contributed by atoms with E-state index in [1.54, 1.807) is 30.3 Å². The summed E-state index contributed by atoms with van der Waals surface area (Å²) in [6.45, 7) is -0.0815. The van der Waals surface area contributed by atoms with Crippen LogP contribution in [0.3, 0.4) is 0 Å². The maximum Gasteiger partial charge on any atom is 0.573 e. The molecule has 162 valence electrons. The van der Waals surface area contributed by atoms with Crippen LogP contribution in [0.25, 0.3) is 0 Å². The Kier molecular flexibility index (Phi) is 6.66. The van der Waals surface area contributed by atoms with Crippen molar-refractivity contribution in [3.05, 3.63) is 59.7 Å². The van der Waals surface area contributed by atoms with Crippen molar-refractivity contribution >= 4 is 27.5 Å². The number of benzene rings is 2. The van der Waals surface area contributed by atoms with Gasteiger partial charge in [0, 0.05) is 29.3 Å². The third-order valence-electron chi connectivity index (χ3n) is 4.55. The number of alkyl halides is 3. The molecule has 2 aromatic rings. The Morgan fingerprint density at radius 2 is 1.83 bits per heavy atom. The highest BCUT2D eigenvalue weighted by Gasteiger charge is 2.32. The number of thioether (sulfide) groups is 1. The Morgan fingerprint density at radius 3 is 2.50 bits per heavy atom. The van der Waals surface area contributed by atoms with Gasteiger partial charge in [-0.2, -0.15) is 0 Å². The van der Waals surface area contributed by atoms with Gasteiger partial charge in [0.05, 0.1) is 17.1 Å². The summed E-state index contributed by atoms with van der Waals surface area (Å²) in [7, 11) is -1.55. The van der Waals surface area contributed by atoms with Gasteiger partial charge in [-0.1, -0.05) is 30.3 Å². The van der Waals surface area contributed by atoms with Crippen molar-refractivity contribution in [2.24, 2.45) is 0 Å². The third-order valence-corrected chi connectivity index (χ3v) is 7.88. The molecule has 10 heteroatoms. The van der Waals surface area contributed by atoms with Crippen molar-refractivity contribution in [2.75, 3.05) is 18.6 Å². The lowest BCUT2D eigenvalue weighted by Crippen LogP contribution is -2.27. The van der Waals surface area contributed by atoms with Gasteiger partial charge < -0.3 is 9.64 Å². The third kappa shape index (κ3) is 5.91. The molecule has 2 aromatic carbocycles. The first-order valence-electron chi connectivity index (χ1n) is 9.09. The predicted octanol–water partition coefficient (Wildman–Crippen LogP) is 4.14. The van der Waals surface area contributed by atoms with Gasteiger partial charge in [-0.3, -0.25) is 4.79 Å². The van der Waals surface area contributed by atoms with Gasteiger partial charge in [0.1, 0.15) is 5.75 Å². The summed E-state index contributed by atoms with van der Waals surface area (Å²) in [6.07, 6.45) is -4.31. The Balaban J connectivity index is 1.76. The monoisotopic (exact) mass is 459 g/mol. The first kappa shape index (κ1) is 22.5. The summed E-state index contributed by atoms with van der Waals surface area (Å²) in [4.78, 5) is 15.0. The van der Waals surface area contributed by atoms with Gasteiger partial charge in [-0.25, -0.2) is 8.42 Å². The van der Waals surface area contributed by atoms with E-state index in [4.69, 9.17) is 0 Å². The fourth-order valence-corrected chi connectivity index (χ4v) is 6.79. The molecular weight excluding hydrogens is 439 g/mol. The second-order valence-electron chi connectivity index (χ2n) is 6.96. The minimum atomic E-state index is -4.83. The highest BCUT2D eigenvalue weighted by molar-refractivity contribution is 8.02. The van der Waals surface area contributed by atoms with Crippen molar-refractivity contribution in [1.29, 1.82) is 0 Å². The molecule has 0 unspecified atom stereocenters. The lowest BCUT2D eigenvalue weighted by atomic mass is 10.1. The van der Waals surface area contributed by atoms with Crippen molar-refractivity contribution in [2.45, 2.75) is 29.5 Å². The lowest BCUT2D eigenvalue weighted by molar-refractivity contribution is -0.275. The van der Waals surface area contributed by atoms with Crippen LogP contribution in [0.4, 0.5) is 13.2 Å². The van der Waals surface area contributed by atoms with Gasteiger partial charge in [0.25, 0.3) is 5.91 Å². The average Bonchev–Trinajstić information content (AvgIpc) is 3.00. The number of sulfone groups is 1. The molecule has 0 N–H and O–H groups in total. The highest BCUT2D eigenvalue weighted by atomic mass is 32.2. The highest BCUT2D eigenvalue weighted by Crippen LogP contribution is 2.34. The summed E-state index contributed by atoms with van der Waals surface area (Å²) in [5.74, 6) is -0.529. The standard InChI is InChI=1S/C20H20F3NO4S2/c1-24(12-14-6-2-4-8-17(14)28-20(21,22)23)19(25)16-7-3-5-9-18(16)29-15-10-11-30(26,27)13-15/h2-9,15H,10-13H2,1H3/t15-/m0/s1. The molecular formula is C20H20F3NO4S2. The van der Waals surface area contributed by atoms with E-state index in [1.807, 2.05) is 0 Å². The van der Waals surface area contributed by atoms with Crippen LogP contribution in [0.1, 0.15) is 22.3 Å². The number of nitrogens with zero attached hydrogens (tertiary/aromatic N) is 1. The van der Waals surface area contributed by atoms with Gasteiger partial charge in [0.2, 0.25) is 0 Å². The van der Waals surface area contributed by atoms with Crippen LogP contribution in [0, 0.1) is 0 Å². The van der Waals surface area contributed by atoms with E-state index in [1.165, 1.54) is 41.9 Å². The first-order valence-corrected chi connectivity index (χ1v) is 11.8. The number of rotatable bonds is 6. The minimum absolute atomic E-state index is 0.0676. The molecule has 0 saturated carbocycles. The maximum atomic E-state index is 13.0. The molecule has 1 aliphatic rings. The Hall–Kier alpha value is -2.20. The Bertz CT molecular complexity index is 1020. The van der Waals surface area contributed by atoms with Crippen molar-refractivity contribution < 1.29 is 31.1 Å². The van der Waals surface area contributed by atoms with Crippen LogP contribution >= 0.6 is 11.8 Å². The number of amides is 1. The zero-order valence-corrected chi connectivity index (χ0v) is 17.7. The molecule has 0 radical (unpaired) electrons. The molecule has 1 heterocycles. The zero-order chi connectivity index (χ0) is 21.9. The van der Waals surface area contributed by atoms with Crippen LogP contribution in [0.15, 0.2) is 53.4 Å². The summed E-state index contributed by atoms with van der Waals surface area (Å²) in [5, 5.41) is -0.129. The van der Waals surface area contributed by atoms with E-state index in [2.05, 4.69) is 4.74 Å². The number of carbonyl (C=O) groups is 1. The molecule has 0 bridgehead atoms. The van der Waals surface area contributed by atoms with E-state index in [0.717, 1.165) is 0 Å². The second-order valence-corrected chi connectivity index (χ2v) is 10.5. The minimum Gasteiger partial charge on any atom is -0.405 e. The van der Waals surface area contributed by atoms with E-state index >= 15 is 0 Å². The molecule has 30 heavy (non-hydrogen) atoms. The lowest BCUT2D eigenvalue weighted by Gasteiger charge is -2.21. The van der Waals surface area contributed by atoms with Gasteiger partial charge >= 0.3 is 6.36 Å². The number of para-hydroxylation sites is 1. The second kappa shape index (κ2) is 8.89. The van der Waals surface area contributed by atoms with Crippen LogP contribution in [-0.2, 0) is 16.4 Å². The fourth-order valence-electron chi connectivity index (χ4n) is 3.17. The SMILES string of the molecule is CN(Cc1ccccc1OC(F)(F)F)C(=O)c1ccccc1S[C@H]1CCS(=O)(=O)C1. The molecule has 1 fully saturated rings. The number of hydrogen-bond donors (Lipinski definition) is 0. The van der Waals surface area contributed by atoms with Crippen molar-refractivity contribution in [3.8, 4) is 5.75 Å². The molecule has 1 amide bonds. The zero-order valence-electron chi connectivity index (χ0n) is 16.1. The molecule has 5 nitrogen and oxygen atoms in total. The first-order chi connectivity index (χ1) is 14.0. The van der Waals surface area contributed by atoms with Crippen molar-refractivity contribution in [1.82, 2.24) is 4.90 Å². The summed E-state index contributed by atoms with van der Waals surface area (Å²) in [6, 6.07) is 12.5. The van der Waals surface area contributed by atoms with Gasteiger partial charge in [-0.15, -0.1) is 24.9 Å². The summed E-state index contributed by atoms with van der Waals surface area (Å²) >= 11 is 1.34. The largest absolute Gasteiger partial charge is 0.573 e. The fraction of sp³-hybridized carbons (Fsp3) is 0.350. The summed E-state index contributed by atoms with van der Waals surface area (Å²) in [5.41, 5.74) is 0.598. The molecule has 1 saturated heterocycles. The van der Waals surface area contributed by atoms with E-state index in [0.29, 0.717) is 16.9 Å². The summed E-state index contributed by atoms with van der Waals surface area (Å²) < 4.78 is 65.4. The molecule has 3 rings (SSSR count). The van der Waals surface area contributed by atoms with Crippen LogP contribution in [-0.4, -0.2) is 49.4 Å². The normalized spacial score (nSPS) is 18.2. The molecule has 0 aromatic heterocycles. The predicted molar refractivity (Wildman–Crippen MR) is 108 cm³/mol. The molecule has 0 spiro atoms. The van der Waals surface area contributed by atoms with Gasteiger partial charge in [0.15, 0.2) is 9.84 Å².